The third-order valence-corrected chi connectivity index (χ3v) is 7.90. The van der Waals surface area contributed by atoms with Gasteiger partial charge < -0.3 is 20.1 Å². The molecule has 39 heavy (non-hydrogen) atoms. The maximum Gasteiger partial charge on any atom is 0.226 e. The van der Waals surface area contributed by atoms with Crippen molar-refractivity contribution < 1.29 is 4.79 Å². The molecule has 2 atom stereocenters. The molecule has 1 saturated heterocycles. The molecule has 1 aliphatic heterocycles. The first-order valence-corrected chi connectivity index (χ1v) is 13.8. The van der Waals surface area contributed by atoms with E-state index in [0.717, 1.165) is 45.1 Å². The average Bonchev–Trinajstić information content (AvgIpc) is 3.40. The molecule has 0 spiro atoms. The first-order chi connectivity index (χ1) is 18.7. The number of rotatable bonds is 7. The SMILES string of the molecule is Cc1ccc(NC(=O)CCN2C(=S)N[C@@H](c3ccccn3)[C@H]2c2cc(C)n(-c3cc(Cl)ccc3C)c2C)cc1. The summed E-state index contributed by atoms with van der Waals surface area (Å²) >= 11 is 12.2. The normalized spacial score (nSPS) is 16.8. The highest BCUT2D eigenvalue weighted by Crippen LogP contribution is 2.41. The second kappa shape index (κ2) is 11.2. The van der Waals surface area contributed by atoms with E-state index >= 15 is 0 Å². The summed E-state index contributed by atoms with van der Waals surface area (Å²) in [6.45, 7) is 8.81. The van der Waals surface area contributed by atoms with Gasteiger partial charge in [-0.2, -0.15) is 0 Å². The molecule has 1 aliphatic rings. The number of hydrogen-bond donors (Lipinski definition) is 2. The Hall–Kier alpha value is -3.68. The Morgan fingerprint density at radius 1 is 1.05 bits per heavy atom. The lowest BCUT2D eigenvalue weighted by Gasteiger charge is -2.28. The van der Waals surface area contributed by atoms with E-state index in [9.17, 15) is 4.79 Å². The average molecular weight is 558 g/mol. The van der Waals surface area contributed by atoms with Crippen molar-refractivity contribution in [1.29, 1.82) is 0 Å². The number of aryl methyl sites for hydroxylation is 3. The molecule has 2 N–H and O–H groups in total. The Bertz CT molecular complexity index is 1520. The summed E-state index contributed by atoms with van der Waals surface area (Å²) in [7, 11) is 0. The van der Waals surface area contributed by atoms with E-state index in [4.69, 9.17) is 23.8 Å². The topological polar surface area (TPSA) is 62.2 Å². The van der Waals surface area contributed by atoms with Crippen LogP contribution >= 0.6 is 23.8 Å². The number of benzene rings is 2. The molecule has 2 aromatic carbocycles. The molecule has 0 bridgehead atoms. The summed E-state index contributed by atoms with van der Waals surface area (Å²) in [6.07, 6.45) is 2.10. The summed E-state index contributed by atoms with van der Waals surface area (Å²) in [4.78, 5) is 19.7. The van der Waals surface area contributed by atoms with E-state index in [-0.39, 0.29) is 18.0 Å². The van der Waals surface area contributed by atoms with E-state index in [1.165, 1.54) is 0 Å². The molecule has 0 saturated carbocycles. The lowest BCUT2D eigenvalue weighted by molar-refractivity contribution is -0.116. The second-order valence-corrected chi connectivity index (χ2v) is 10.9. The molecule has 0 radical (unpaired) electrons. The van der Waals surface area contributed by atoms with Crippen LogP contribution in [0.1, 0.15) is 52.3 Å². The molecule has 8 heteroatoms. The largest absolute Gasteiger partial charge is 0.352 e. The lowest BCUT2D eigenvalue weighted by atomic mass is 9.96. The fourth-order valence-corrected chi connectivity index (χ4v) is 5.85. The van der Waals surface area contributed by atoms with Crippen LogP contribution in [-0.2, 0) is 4.79 Å². The van der Waals surface area contributed by atoms with Crippen molar-refractivity contribution in [3.63, 3.8) is 0 Å². The van der Waals surface area contributed by atoms with Gasteiger partial charge in [0.1, 0.15) is 0 Å². The van der Waals surface area contributed by atoms with Gasteiger partial charge in [-0.25, -0.2) is 0 Å². The molecule has 1 fully saturated rings. The van der Waals surface area contributed by atoms with Crippen molar-refractivity contribution >= 4 is 40.5 Å². The second-order valence-electron chi connectivity index (χ2n) is 10.1. The molecular weight excluding hydrogens is 526 g/mol. The smallest absolute Gasteiger partial charge is 0.226 e. The van der Waals surface area contributed by atoms with E-state index in [2.05, 4.69) is 51.9 Å². The van der Waals surface area contributed by atoms with E-state index in [0.29, 0.717) is 23.1 Å². The van der Waals surface area contributed by atoms with Crippen LogP contribution in [0.15, 0.2) is 72.9 Å². The molecule has 3 heterocycles. The Labute approximate surface area is 240 Å². The first kappa shape index (κ1) is 26.9. The van der Waals surface area contributed by atoms with Crippen molar-refractivity contribution in [1.82, 2.24) is 19.8 Å². The number of aromatic nitrogens is 2. The van der Waals surface area contributed by atoms with Crippen LogP contribution in [0.2, 0.25) is 5.02 Å². The van der Waals surface area contributed by atoms with Crippen molar-refractivity contribution in [3.05, 3.63) is 112 Å². The zero-order chi connectivity index (χ0) is 27.7. The molecule has 0 aliphatic carbocycles. The van der Waals surface area contributed by atoms with Gasteiger partial charge in [0.15, 0.2) is 5.11 Å². The number of anilines is 1. The standard InChI is InChI=1S/C31H32ClN5OS/c1-19-8-12-24(13-9-19)34-28(38)14-16-36-30(29(35-31(36)39)26-7-5-6-15-33-26)25-17-21(3)37(22(25)4)27-18-23(32)11-10-20(27)2/h5-13,15,17-18,29-30H,14,16H2,1-4H3,(H,34,38)(H,35,39)/t29-,30+/m0/s1. The zero-order valence-electron chi connectivity index (χ0n) is 22.5. The Balaban J connectivity index is 1.48. The highest BCUT2D eigenvalue weighted by molar-refractivity contribution is 7.80. The van der Waals surface area contributed by atoms with E-state index < -0.39 is 0 Å². The number of pyridine rings is 1. The van der Waals surface area contributed by atoms with Crippen LogP contribution in [0.5, 0.6) is 0 Å². The Morgan fingerprint density at radius 3 is 2.54 bits per heavy atom. The number of hydrogen-bond acceptors (Lipinski definition) is 3. The molecule has 0 unspecified atom stereocenters. The minimum absolute atomic E-state index is 0.0540. The lowest BCUT2D eigenvalue weighted by Crippen LogP contribution is -2.32. The van der Waals surface area contributed by atoms with Gasteiger partial charge in [0, 0.05) is 46.9 Å². The van der Waals surface area contributed by atoms with E-state index in [1.54, 1.807) is 6.20 Å². The Kier molecular flexibility index (Phi) is 7.73. The number of nitrogens with one attached hydrogen (secondary N) is 2. The van der Waals surface area contributed by atoms with Gasteiger partial charge >= 0.3 is 0 Å². The van der Waals surface area contributed by atoms with Crippen molar-refractivity contribution in [2.75, 3.05) is 11.9 Å². The number of nitrogens with zero attached hydrogens (tertiary/aromatic N) is 3. The maximum absolute atomic E-state index is 12.9. The molecule has 5 rings (SSSR count). The summed E-state index contributed by atoms with van der Waals surface area (Å²) in [5.74, 6) is -0.0540. The van der Waals surface area contributed by atoms with Gasteiger partial charge in [0.05, 0.1) is 17.8 Å². The molecular formula is C31H32ClN5OS. The van der Waals surface area contributed by atoms with Crippen LogP contribution < -0.4 is 10.6 Å². The van der Waals surface area contributed by atoms with E-state index in [1.807, 2.05) is 67.6 Å². The third-order valence-electron chi connectivity index (χ3n) is 7.31. The number of amides is 1. The van der Waals surface area contributed by atoms with Crippen LogP contribution in [0.4, 0.5) is 5.69 Å². The fourth-order valence-electron chi connectivity index (χ4n) is 5.35. The summed E-state index contributed by atoms with van der Waals surface area (Å²) < 4.78 is 2.25. The predicted molar refractivity (Wildman–Crippen MR) is 162 cm³/mol. The quantitative estimate of drug-likeness (QED) is 0.246. The maximum atomic E-state index is 12.9. The van der Waals surface area contributed by atoms with Gasteiger partial charge in [-0.1, -0.05) is 41.4 Å². The van der Waals surface area contributed by atoms with Gasteiger partial charge in [-0.15, -0.1) is 0 Å². The van der Waals surface area contributed by atoms with Gasteiger partial charge in [0.2, 0.25) is 5.91 Å². The fraction of sp³-hybridized carbons (Fsp3) is 0.258. The third kappa shape index (κ3) is 5.56. The predicted octanol–water partition coefficient (Wildman–Crippen LogP) is 6.76. The Morgan fingerprint density at radius 2 is 1.82 bits per heavy atom. The highest BCUT2D eigenvalue weighted by Gasteiger charge is 2.41. The van der Waals surface area contributed by atoms with Crippen molar-refractivity contribution in [2.24, 2.45) is 0 Å². The van der Waals surface area contributed by atoms with Gasteiger partial charge in [0.25, 0.3) is 0 Å². The van der Waals surface area contributed by atoms with Crippen molar-refractivity contribution in [3.8, 4) is 5.69 Å². The monoisotopic (exact) mass is 557 g/mol. The van der Waals surface area contributed by atoms with Crippen LogP contribution in [0, 0.1) is 27.7 Å². The summed E-state index contributed by atoms with van der Waals surface area (Å²) in [5, 5.41) is 7.81. The van der Waals surface area contributed by atoms with Gasteiger partial charge in [-0.3, -0.25) is 9.78 Å². The number of carbonyl (C=O) groups excluding carboxylic acids is 1. The van der Waals surface area contributed by atoms with Crippen LogP contribution in [-0.4, -0.2) is 32.0 Å². The summed E-state index contributed by atoms with van der Waals surface area (Å²) in [5.41, 5.74) is 8.36. The molecule has 1 amide bonds. The van der Waals surface area contributed by atoms with Crippen LogP contribution in [0.25, 0.3) is 5.69 Å². The minimum atomic E-state index is -0.159. The molecule has 6 nitrogen and oxygen atoms in total. The number of carbonyl (C=O) groups is 1. The molecule has 2 aromatic heterocycles. The summed E-state index contributed by atoms with van der Waals surface area (Å²) in [6, 6.07) is 21.6. The number of halogens is 1. The minimum Gasteiger partial charge on any atom is -0.352 e. The van der Waals surface area contributed by atoms with Crippen molar-refractivity contribution in [2.45, 2.75) is 46.2 Å². The molecule has 4 aromatic rings. The van der Waals surface area contributed by atoms with Crippen LogP contribution in [0.3, 0.4) is 0 Å². The van der Waals surface area contributed by atoms with Gasteiger partial charge in [-0.05, 0) is 93.5 Å². The first-order valence-electron chi connectivity index (χ1n) is 13.0. The number of thiocarbonyl (C=S) groups is 1. The molecule has 200 valence electrons. The zero-order valence-corrected chi connectivity index (χ0v) is 24.1. The highest BCUT2D eigenvalue weighted by atomic mass is 35.5.